The molecule has 0 unspecified atom stereocenters. The molecule has 19 heavy (non-hydrogen) atoms. The Labute approximate surface area is 112 Å². The van der Waals surface area contributed by atoms with E-state index in [1.54, 1.807) is 0 Å². The third-order valence-corrected chi connectivity index (χ3v) is 3.48. The Kier molecular flexibility index (Phi) is 3.83. The smallest absolute Gasteiger partial charge is 0.243 e. The van der Waals surface area contributed by atoms with Gasteiger partial charge in [0, 0.05) is 18.8 Å². The molecule has 0 aliphatic carbocycles. The molecule has 1 atom stereocenters. The van der Waals surface area contributed by atoms with Crippen LogP contribution in [0.4, 0.5) is 0 Å². The lowest BCUT2D eigenvalue weighted by atomic mass is 10.1. The van der Waals surface area contributed by atoms with Crippen molar-refractivity contribution in [1.82, 2.24) is 20.4 Å². The quantitative estimate of drug-likeness (QED) is 0.909. The first-order valence-corrected chi connectivity index (χ1v) is 6.86. The average molecular weight is 258 g/mol. The Bertz CT molecular complexity index is 505. The van der Waals surface area contributed by atoms with Crippen LogP contribution in [-0.4, -0.2) is 21.7 Å². The Morgan fingerprint density at radius 1 is 1.21 bits per heavy atom. The lowest BCUT2D eigenvalue weighted by molar-refractivity contribution is 0.296. The largest absolute Gasteiger partial charge is 0.338 e. The number of hydrogen-bond donors (Lipinski definition) is 1. The third kappa shape index (κ3) is 3.17. The van der Waals surface area contributed by atoms with Crippen molar-refractivity contribution in [2.75, 3.05) is 6.54 Å². The lowest BCUT2D eigenvalue weighted by Gasteiger charge is -2.19. The van der Waals surface area contributed by atoms with Gasteiger partial charge in [-0.05, 0) is 43.5 Å². The van der Waals surface area contributed by atoms with E-state index in [0.717, 1.165) is 37.5 Å². The fourth-order valence-corrected chi connectivity index (χ4v) is 2.38. The summed E-state index contributed by atoms with van der Waals surface area (Å²) in [4.78, 5) is 8.50. The minimum atomic E-state index is 0.246. The normalized spacial score (nSPS) is 19.5. The molecule has 0 aromatic carbocycles. The van der Waals surface area contributed by atoms with Gasteiger partial charge in [0.1, 0.15) is 0 Å². The second-order valence-corrected chi connectivity index (χ2v) is 4.91. The zero-order valence-electron chi connectivity index (χ0n) is 10.9. The molecule has 3 heterocycles. The maximum absolute atomic E-state index is 5.36. The Morgan fingerprint density at radius 2 is 2.11 bits per heavy atom. The van der Waals surface area contributed by atoms with Gasteiger partial charge in [-0.15, -0.1) is 0 Å². The molecule has 2 aromatic heterocycles. The topological polar surface area (TPSA) is 63.8 Å². The first kappa shape index (κ1) is 12.3. The van der Waals surface area contributed by atoms with Crippen LogP contribution in [0.5, 0.6) is 0 Å². The van der Waals surface area contributed by atoms with Crippen molar-refractivity contribution in [2.45, 2.75) is 38.1 Å². The van der Waals surface area contributed by atoms with Crippen molar-refractivity contribution < 1.29 is 4.52 Å². The molecule has 5 nitrogen and oxygen atoms in total. The van der Waals surface area contributed by atoms with Gasteiger partial charge in [-0.25, -0.2) is 0 Å². The Hall–Kier alpha value is -1.75. The average Bonchev–Trinajstić information content (AvgIpc) is 2.96. The number of rotatable bonds is 4. The van der Waals surface area contributed by atoms with E-state index in [9.17, 15) is 0 Å². The highest BCUT2D eigenvalue weighted by Gasteiger charge is 2.20. The fourth-order valence-electron chi connectivity index (χ4n) is 2.38. The number of aromatic nitrogens is 3. The molecule has 0 amide bonds. The number of pyridine rings is 1. The predicted octanol–water partition coefficient (Wildman–Crippen LogP) is 2.06. The van der Waals surface area contributed by atoms with Crippen LogP contribution in [0.25, 0.3) is 0 Å². The third-order valence-electron chi connectivity index (χ3n) is 3.48. The first-order valence-electron chi connectivity index (χ1n) is 6.86. The summed E-state index contributed by atoms with van der Waals surface area (Å²) in [5, 5.41) is 7.48. The molecule has 5 heteroatoms. The molecular weight excluding hydrogens is 240 g/mol. The van der Waals surface area contributed by atoms with E-state index in [4.69, 9.17) is 4.52 Å². The van der Waals surface area contributed by atoms with Crippen LogP contribution in [0.1, 0.15) is 42.6 Å². The van der Waals surface area contributed by atoms with Crippen LogP contribution in [0.2, 0.25) is 0 Å². The van der Waals surface area contributed by atoms with E-state index < -0.39 is 0 Å². The predicted molar refractivity (Wildman–Crippen MR) is 70.5 cm³/mol. The first-order chi connectivity index (χ1) is 9.42. The number of hydrogen-bond acceptors (Lipinski definition) is 5. The molecule has 0 bridgehead atoms. The van der Waals surface area contributed by atoms with Gasteiger partial charge in [-0.2, -0.15) is 4.98 Å². The second-order valence-electron chi connectivity index (χ2n) is 4.91. The van der Waals surface area contributed by atoms with Gasteiger partial charge in [0.05, 0.1) is 6.04 Å². The maximum atomic E-state index is 5.36. The van der Waals surface area contributed by atoms with Crippen LogP contribution in [0.15, 0.2) is 29.0 Å². The van der Waals surface area contributed by atoms with Crippen molar-refractivity contribution >= 4 is 0 Å². The van der Waals surface area contributed by atoms with E-state index in [1.165, 1.54) is 18.4 Å². The summed E-state index contributed by atoms with van der Waals surface area (Å²) in [5.74, 6) is 1.53. The van der Waals surface area contributed by atoms with E-state index in [-0.39, 0.29) is 6.04 Å². The molecule has 0 spiro atoms. The number of nitrogens with zero attached hydrogens (tertiary/aromatic N) is 3. The van der Waals surface area contributed by atoms with Gasteiger partial charge < -0.3 is 9.84 Å². The van der Waals surface area contributed by atoms with Gasteiger partial charge >= 0.3 is 0 Å². The van der Waals surface area contributed by atoms with Gasteiger partial charge in [-0.3, -0.25) is 4.98 Å². The minimum Gasteiger partial charge on any atom is -0.338 e. The standard InChI is InChI=1S/C14H18N4O/c1-2-8-16-12(3-1)14-17-13(18-19-14)5-4-11-6-9-15-10-7-11/h6-7,9-10,12,16H,1-5,8H2/t12-/m0/s1. The molecule has 0 saturated carbocycles. The van der Waals surface area contributed by atoms with Gasteiger partial charge in [0.2, 0.25) is 5.89 Å². The van der Waals surface area contributed by atoms with E-state index in [1.807, 2.05) is 24.5 Å². The molecular formula is C14H18N4O. The Balaban J connectivity index is 1.58. The molecule has 0 radical (unpaired) electrons. The highest BCUT2D eigenvalue weighted by Crippen LogP contribution is 2.21. The molecule has 1 aliphatic rings. The van der Waals surface area contributed by atoms with Crippen molar-refractivity contribution in [3.8, 4) is 0 Å². The zero-order chi connectivity index (χ0) is 12.9. The van der Waals surface area contributed by atoms with Gasteiger partial charge in [0.15, 0.2) is 5.82 Å². The highest BCUT2D eigenvalue weighted by atomic mass is 16.5. The van der Waals surface area contributed by atoms with E-state index >= 15 is 0 Å². The van der Waals surface area contributed by atoms with Crippen molar-refractivity contribution in [2.24, 2.45) is 0 Å². The van der Waals surface area contributed by atoms with Gasteiger partial charge in [-0.1, -0.05) is 11.6 Å². The molecule has 3 rings (SSSR count). The molecule has 100 valence electrons. The van der Waals surface area contributed by atoms with E-state index in [2.05, 4.69) is 20.4 Å². The molecule has 2 aromatic rings. The van der Waals surface area contributed by atoms with Crippen molar-refractivity contribution in [1.29, 1.82) is 0 Å². The van der Waals surface area contributed by atoms with E-state index in [0.29, 0.717) is 0 Å². The fraction of sp³-hybridized carbons (Fsp3) is 0.500. The van der Waals surface area contributed by atoms with Crippen LogP contribution in [0, 0.1) is 0 Å². The summed E-state index contributed by atoms with van der Waals surface area (Å²) >= 11 is 0. The molecule has 1 aliphatic heterocycles. The summed E-state index contributed by atoms with van der Waals surface area (Å²) in [7, 11) is 0. The van der Waals surface area contributed by atoms with Crippen LogP contribution < -0.4 is 5.32 Å². The number of aryl methyl sites for hydroxylation is 2. The molecule has 1 saturated heterocycles. The lowest BCUT2D eigenvalue weighted by Crippen LogP contribution is -2.27. The van der Waals surface area contributed by atoms with Crippen LogP contribution in [0.3, 0.4) is 0 Å². The van der Waals surface area contributed by atoms with Crippen molar-refractivity contribution in [3.63, 3.8) is 0 Å². The van der Waals surface area contributed by atoms with Gasteiger partial charge in [0.25, 0.3) is 0 Å². The van der Waals surface area contributed by atoms with Crippen LogP contribution >= 0.6 is 0 Å². The number of piperidine rings is 1. The zero-order valence-corrected chi connectivity index (χ0v) is 10.9. The maximum Gasteiger partial charge on any atom is 0.243 e. The highest BCUT2D eigenvalue weighted by molar-refractivity contribution is 5.11. The summed E-state index contributed by atoms with van der Waals surface area (Å²) in [6.07, 6.45) is 8.89. The summed E-state index contributed by atoms with van der Waals surface area (Å²) in [6, 6.07) is 4.28. The minimum absolute atomic E-state index is 0.246. The van der Waals surface area contributed by atoms with Crippen molar-refractivity contribution in [3.05, 3.63) is 41.8 Å². The summed E-state index contributed by atoms with van der Waals surface area (Å²) < 4.78 is 5.36. The molecule has 1 fully saturated rings. The summed E-state index contributed by atoms with van der Waals surface area (Å²) in [6.45, 7) is 1.04. The molecule has 1 N–H and O–H groups in total. The number of nitrogens with one attached hydrogen (secondary N) is 1. The SMILES string of the molecule is c1cc(CCc2noc([C@@H]3CCCCN3)n2)ccn1. The second kappa shape index (κ2) is 5.93. The Morgan fingerprint density at radius 3 is 2.89 bits per heavy atom. The van der Waals surface area contributed by atoms with Crippen LogP contribution in [-0.2, 0) is 12.8 Å². The summed E-state index contributed by atoms with van der Waals surface area (Å²) in [5.41, 5.74) is 1.25. The monoisotopic (exact) mass is 258 g/mol.